The lowest BCUT2D eigenvalue weighted by Gasteiger charge is -2.14. The molecule has 0 aliphatic rings. The molecule has 2 N–H and O–H groups in total. The smallest absolute Gasteiger partial charge is 0.222 e. The zero-order chi connectivity index (χ0) is 20.3. The van der Waals surface area contributed by atoms with Gasteiger partial charge in [0.25, 0.3) is 0 Å². The lowest BCUT2D eigenvalue weighted by atomic mass is 10.0. The third-order valence-corrected chi connectivity index (χ3v) is 5.56. The van der Waals surface area contributed by atoms with Crippen molar-refractivity contribution >= 4 is 15.9 Å². The first-order chi connectivity index (χ1) is 12.7. The van der Waals surface area contributed by atoms with Crippen LogP contribution >= 0.6 is 0 Å². The monoisotopic (exact) mass is 392 g/mol. The fraction of sp³-hybridized carbons (Fsp3) is 0.571. The molecule has 0 bridgehead atoms. The van der Waals surface area contributed by atoms with Gasteiger partial charge in [-0.25, -0.2) is 13.1 Å². The van der Waals surface area contributed by atoms with Crippen LogP contribution in [0.15, 0.2) is 24.3 Å². The minimum absolute atomic E-state index is 0.00710. The van der Waals surface area contributed by atoms with E-state index >= 15 is 0 Å². The molecule has 1 atom stereocenters. The van der Waals surface area contributed by atoms with Crippen LogP contribution in [0.4, 0.5) is 0 Å². The van der Waals surface area contributed by atoms with Gasteiger partial charge in [-0.15, -0.1) is 0 Å². The molecular formula is C21H32N2O3S. The Balaban J connectivity index is 2.49. The number of hydrogen-bond donors (Lipinski definition) is 2. The van der Waals surface area contributed by atoms with Gasteiger partial charge in [-0.2, -0.15) is 0 Å². The molecule has 0 aromatic heterocycles. The number of benzene rings is 1. The lowest BCUT2D eigenvalue weighted by Crippen LogP contribution is -2.35. The van der Waals surface area contributed by atoms with Crippen LogP contribution in [-0.2, 0) is 21.2 Å². The van der Waals surface area contributed by atoms with Crippen LogP contribution in [-0.4, -0.2) is 32.7 Å². The van der Waals surface area contributed by atoms with Crippen molar-refractivity contribution in [1.82, 2.24) is 10.0 Å². The molecule has 0 saturated carbocycles. The van der Waals surface area contributed by atoms with E-state index in [1.54, 1.807) is 0 Å². The number of nitrogens with one attached hydrogen (secondary N) is 2. The molecule has 150 valence electrons. The molecule has 5 nitrogen and oxygen atoms in total. The molecule has 1 aromatic carbocycles. The van der Waals surface area contributed by atoms with Gasteiger partial charge in [0, 0.05) is 30.5 Å². The van der Waals surface area contributed by atoms with Crippen molar-refractivity contribution < 1.29 is 13.2 Å². The zero-order valence-corrected chi connectivity index (χ0v) is 17.7. The van der Waals surface area contributed by atoms with Crippen LogP contribution in [0.2, 0.25) is 0 Å². The third kappa shape index (κ3) is 10.2. The maximum atomic E-state index is 11.8. The van der Waals surface area contributed by atoms with E-state index in [1.807, 2.05) is 52.0 Å². The fourth-order valence-electron chi connectivity index (χ4n) is 2.56. The van der Waals surface area contributed by atoms with E-state index in [-0.39, 0.29) is 23.6 Å². The topological polar surface area (TPSA) is 75.3 Å². The van der Waals surface area contributed by atoms with Crippen LogP contribution in [0.3, 0.4) is 0 Å². The van der Waals surface area contributed by atoms with E-state index < -0.39 is 10.0 Å². The van der Waals surface area contributed by atoms with Gasteiger partial charge in [0.05, 0.1) is 5.75 Å². The third-order valence-electron chi connectivity index (χ3n) is 3.86. The van der Waals surface area contributed by atoms with Crippen molar-refractivity contribution in [1.29, 1.82) is 0 Å². The van der Waals surface area contributed by atoms with Gasteiger partial charge in [0.15, 0.2) is 0 Å². The molecule has 0 aliphatic carbocycles. The predicted octanol–water partition coefficient (Wildman–Crippen LogP) is 2.85. The minimum Gasteiger partial charge on any atom is -0.356 e. The largest absolute Gasteiger partial charge is 0.356 e. The van der Waals surface area contributed by atoms with Crippen LogP contribution in [0.1, 0.15) is 58.1 Å². The molecule has 6 heteroatoms. The average Bonchev–Trinajstić information content (AvgIpc) is 2.57. The van der Waals surface area contributed by atoms with Gasteiger partial charge in [-0.05, 0) is 43.9 Å². The Bertz CT molecular complexity index is 761. The molecule has 1 unspecified atom stereocenters. The Hall–Kier alpha value is -1.84. The molecule has 0 fully saturated rings. The average molecular weight is 393 g/mol. The van der Waals surface area contributed by atoms with Crippen LogP contribution in [0.5, 0.6) is 0 Å². The zero-order valence-electron chi connectivity index (χ0n) is 16.8. The number of unbranched alkanes of at least 4 members (excludes halogenated alkanes) is 1. The van der Waals surface area contributed by atoms with Crippen molar-refractivity contribution in [3.8, 4) is 11.8 Å². The second-order valence-corrected chi connectivity index (χ2v) is 8.97. The molecule has 0 saturated heterocycles. The Morgan fingerprint density at radius 2 is 1.96 bits per heavy atom. The number of carbonyl (C=O) groups is 1. The standard InChI is InChI=1S/C21H32N2O3S/c1-5-14-27(25,26)23-18(4)15-20-12-9-11-19(16-20)10-7-6-8-13-22-21(24)17(2)3/h9,11-12,16-18,23H,5-6,8,13-15H2,1-4H3,(H,22,24). The molecule has 1 aromatic rings. The van der Waals surface area contributed by atoms with Gasteiger partial charge >= 0.3 is 0 Å². The summed E-state index contributed by atoms with van der Waals surface area (Å²) in [6.07, 6.45) is 2.77. The summed E-state index contributed by atoms with van der Waals surface area (Å²) in [7, 11) is -3.20. The molecule has 0 heterocycles. The first kappa shape index (κ1) is 23.2. The first-order valence-electron chi connectivity index (χ1n) is 9.59. The quantitative estimate of drug-likeness (QED) is 0.475. The molecule has 1 rings (SSSR count). The van der Waals surface area contributed by atoms with E-state index in [2.05, 4.69) is 21.9 Å². The summed E-state index contributed by atoms with van der Waals surface area (Å²) in [5.41, 5.74) is 1.97. The van der Waals surface area contributed by atoms with E-state index in [1.165, 1.54) is 0 Å². The fourth-order valence-corrected chi connectivity index (χ4v) is 3.91. The highest BCUT2D eigenvalue weighted by atomic mass is 32.2. The van der Waals surface area contributed by atoms with E-state index in [9.17, 15) is 13.2 Å². The van der Waals surface area contributed by atoms with Crippen molar-refractivity contribution in [2.24, 2.45) is 5.92 Å². The Kier molecular flexibility index (Phi) is 10.1. The molecule has 1 amide bonds. The molecule has 0 aliphatic heterocycles. The molecule has 0 spiro atoms. The SMILES string of the molecule is CCCS(=O)(=O)NC(C)Cc1cccc(C#CCCCNC(=O)C(C)C)c1. The first-order valence-corrected chi connectivity index (χ1v) is 11.2. The highest BCUT2D eigenvalue weighted by Crippen LogP contribution is 2.08. The number of rotatable bonds is 10. The predicted molar refractivity (Wildman–Crippen MR) is 111 cm³/mol. The maximum Gasteiger partial charge on any atom is 0.222 e. The van der Waals surface area contributed by atoms with Crippen LogP contribution < -0.4 is 10.0 Å². The summed E-state index contributed by atoms with van der Waals surface area (Å²) in [5.74, 6) is 6.49. The number of sulfonamides is 1. The van der Waals surface area contributed by atoms with Gasteiger partial charge in [0.1, 0.15) is 0 Å². The summed E-state index contributed by atoms with van der Waals surface area (Å²) >= 11 is 0. The highest BCUT2D eigenvalue weighted by molar-refractivity contribution is 7.89. The van der Waals surface area contributed by atoms with Crippen molar-refractivity contribution in [2.75, 3.05) is 12.3 Å². The van der Waals surface area contributed by atoms with Gasteiger partial charge in [-0.1, -0.05) is 44.7 Å². The molecular weight excluding hydrogens is 360 g/mol. The number of hydrogen-bond acceptors (Lipinski definition) is 3. The lowest BCUT2D eigenvalue weighted by molar-refractivity contribution is -0.123. The van der Waals surface area contributed by atoms with Gasteiger partial charge in [-0.3, -0.25) is 4.79 Å². The van der Waals surface area contributed by atoms with Crippen molar-refractivity contribution in [3.63, 3.8) is 0 Å². The van der Waals surface area contributed by atoms with Crippen molar-refractivity contribution in [3.05, 3.63) is 35.4 Å². The summed E-state index contributed by atoms with van der Waals surface area (Å²) in [6.45, 7) is 8.11. The van der Waals surface area contributed by atoms with Gasteiger partial charge in [0.2, 0.25) is 15.9 Å². The highest BCUT2D eigenvalue weighted by Gasteiger charge is 2.13. The van der Waals surface area contributed by atoms with Crippen molar-refractivity contribution in [2.45, 2.75) is 59.4 Å². The van der Waals surface area contributed by atoms with Crippen LogP contribution in [0, 0.1) is 17.8 Å². The Morgan fingerprint density at radius 1 is 1.22 bits per heavy atom. The normalized spacial score (nSPS) is 12.3. The second-order valence-electron chi connectivity index (χ2n) is 7.09. The molecule has 27 heavy (non-hydrogen) atoms. The summed E-state index contributed by atoms with van der Waals surface area (Å²) < 4.78 is 26.4. The van der Waals surface area contributed by atoms with E-state index in [0.29, 0.717) is 19.4 Å². The summed E-state index contributed by atoms with van der Waals surface area (Å²) in [6, 6.07) is 7.71. The maximum absolute atomic E-state index is 11.8. The van der Waals surface area contributed by atoms with E-state index in [4.69, 9.17) is 0 Å². The summed E-state index contributed by atoms with van der Waals surface area (Å²) in [5, 5.41) is 2.88. The summed E-state index contributed by atoms with van der Waals surface area (Å²) in [4.78, 5) is 11.5. The Morgan fingerprint density at radius 3 is 2.63 bits per heavy atom. The number of amides is 1. The Labute approximate surface area is 164 Å². The van der Waals surface area contributed by atoms with Gasteiger partial charge < -0.3 is 5.32 Å². The van der Waals surface area contributed by atoms with Crippen LogP contribution in [0.25, 0.3) is 0 Å². The number of carbonyl (C=O) groups excluding carboxylic acids is 1. The second kappa shape index (κ2) is 11.8. The van der Waals surface area contributed by atoms with E-state index in [0.717, 1.165) is 24.0 Å². The molecule has 0 radical (unpaired) electrons. The minimum atomic E-state index is -3.20.